The molecule has 0 spiro atoms. The van der Waals surface area contributed by atoms with E-state index in [-0.39, 0.29) is 23.7 Å². The molecule has 29 heavy (non-hydrogen) atoms. The molecule has 4 rings (SSSR count). The first-order valence-electron chi connectivity index (χ1n) is 10.2. The van der Waals surface area contributed by atoms with E-state index in [0.717, 1.165) is 43.6 Å². The second-order valence-electron chi connectivity index (χ2n) is 8.18. The fraction of sp³-hybridized carbons (Fsp3) is 0.455. The van der Waals surface area contributed by atoms with Gasteiger partial charge in [0.2, 0.25) is 0 Å². The minimum absolute atomic E-state index is 0.0495. The number of fused-ring (bicyclic) bond motifs is 1. The summed E-state index contributed by atoms with van der Waals surface area (Å²) in [5.74, 6) is 1.08. The second kappa shape index (κ2) is 8.10. The summed E-state index contributed by atoms with van der Waals surface area (Å²) >= 11 is 0. The standard InChI is InChI=1S/C22H30N6O/c1-26-11-12-27(2)19(14-26)22(25)28-13-15(7-10-21(28)24)29-20-9-8-18(23)16-5-3-4-6-17(16)20/h3-7,10,13,18-20,24-25H,8-9,11-12,14,23H2,1-2H3/t18-,19?,20+/m0/s1. The summed E-state index contributed by atoms with van der Waals surface area (Å²) in [5, 5.41) is 17.1. The number of piperazine rings is 1. The van der Waals surface area contributed by atoms with E-state index in [9.17, 15) is 0 Å². The number of likely N-dealkylation sites (N-methyl/N-ethyl adjacent to an activating group) is 2. The van der Waals surface area contributed by atoms with Crippen LogP contribution < -0.4 is 16.0 Å². The summed E-state index contributed by atoms with van der Waals surface area (Å²) in [4.78, 5) is 4.41. The molecule has 1 aliphatic heterocycles. The van der Waals surface area contributed by atoms with Crippen molar-refractivity contribution in [3.05, 3.63) is 59.2 Å². The highest BCUT2D eigenvalue weighted by atomic mass is 16.5. The molecule has 2 aromatic rings. The number of nitrogens with zero attached hydrogens (tertiary/aromatic N) is 3. The molecular weight excluding hydrogens is 364 g/mol. The fourth-order valence-electron chi connectivity index (χ4n) is 4.29. The van der Waals surface area contributed by atoms with Crippen molar-refractivity contribution >= 4 is 5.84 Å². The summed E-state index contributed by atoms with van der Waals surface area (Å²) < 4.78 is 7.97. The lowest BCUT2D eigenvalue weighted by molar-refractivity contribution is 0.148. The van der Waals surface area contributed by atoms with Gasteiger partial charge in [-0.05, 0) is 50.2 Å². The summed E-state index contributed by atoms with van der Waals surface area (Å²) in [6.07, 6.45) is 3.46. The predicted molar refractivity (Wildman–Crippen MR) is 113 cm³/mol. The maximum absolute atomic E-state index is 8.75. The van der Waals surface area contributed by atoms with Gasteiger partial charge in [-0.15, -0.1) is 0 Å². The SMILES string of the molecule is CN1CCN(C)C(C(=N)n2cc(O[C@@H]3CC[C@H](N)c4ccccc43)ccc2=N)C1. The van der Waals surface area contributed by atoms with Crippen molar-refractivity contribution < 1.29 is 4.74 Å². The number of hydrogen-bond acceptors (Lipinski definition) is 6. The lowest BCUT2D eigenvalue weighted by Gasteiger charge is -2.38. The molecule has 0 saturated carbocycles. The van der Waals surface area contributed by atoms with Gasteiger partial charge in [0, 0.05) is 25.7 Å². The predicted octanol–water partition coefficient (Wildman–Crippen LogP) is 1.95. The first-order valence-corrected chi connectivity index (χ1v) is 10.2. The average molecular weight is 395 g/mol. The Morgan fingerprint density at radius 3 is 2.62 bits per heavy atom. The Bertz CT molecular complexity index is 954. The van der Waals surface area contributed by atoms with E-state index in [2.05, 4.69) is 29.0 Å². The zero-order valence-electron chi connectivity index (χ0n) is 17.1. The number of rotatable bonds is 3. The molecule has 154 valence electrons. The number of nitrogens with one attached hydrogen (secondary N) is 2. The molecule has 4 N–H and O–H groups in total. The highest BCUT2D eigenvalue weighted by molar-refractivity contribution is 5.87. The smallest absolute Gasteiger partial charge is 0.137 e. The van der Waals surface area contributed by atoms with Gasteiger partial charge in [0.15, 0.2) is 0 Å². The Morgan fingerprint density at radius 1 is 1.07 bits per heavy atom. The first kappa shape index (κ1) is 19.8. The van der Waals surface area contributed by atoms with Gasteiger partial charge in [0.1, 0.15) is 23.2 Å². The van der Waals surface area contributed by atoms with Crippen LogP contribution in [0.5, 0.6) is 5.75 Å². The number of hydrogen-bond donors (Lipinski definition) is 3. The van der Waals surface area contributed by atoms with Gasteiger partial charge in [-0.2, -0.15) is 0 Å². The van der Waals surface area contributed by atoms with Crippen LogP contribution in [0.15, 0.2) is 42.6 Å². The van der Waals surface area contributed by atoms with E-state index in [1.807, 2.05) is 25.2 Å². The molecule has 7 heteroatoms. The summed E-state index contributed by atoms with van der Waals surface area (Å²) in [7, 11) is 4.11. The summed E-state index contributed by atoms with van der Waals surface area (Å²) in [5.41, 5.74) is 8.84. The van der Waals surface area contributed by atoms with Crippen LogP contribution in [0.2, 0.25) is 0 Å². The largest absolute Gasteiger partial charge is 0.484 e. The quantitative estimate of drug-likeness (QED) is 0.548. The second-order valence-corrected chi connectivity index (χ2v) is 8.18. The molecular formula is C22H30N6O. The van der Waals surface area contributed by atoms with Crippen LogP contribution in [0, 0.1) is 10.8 Å². The molecule has 0 radical (unpaired) electrons. The Balaban J connectivity index is 1.59. The van der Waals surface area contributed by atoms with Gasteiger partial charge >= 0.3 is 0 Å². The number of pyridine rings is 1. The van der Waals surface area contributed by atoms with Crippen molar-refractivity contribution in [1.29, 1.82) is 10.8 Å². The van der Waals surface area contributed by atoms with E-state index in [1.54, 1.807) is 16.8 Å². The zero-order valence-corrected chi connectivity index (χ0v) is 17.1. The molecule has 3 atom stereocenters. The Morgan fingerprint density at radius 2 is 1.83 bits per heavy atom. The highest BCUT2D eigenvalue weighted by Crippen LogP contribution is 2.37. The van der Waals surface area contributed by atoms with E-state index >= 15 is 0 Å². The van der Waals surface area contributed by atoms with E-state index in [0.29, 0.717) is 11.6 Å². The molecule has 2 heterocycles. The van der Waals surface area contributed by atoms with E-state index in [4.69, 9.17) is 21.3 Å². The van der Waals surface area contributed by atoms with Gasteiger partial charge < -0.3 is 15.4 Å². The van der Waals surface area contributed by atoms with Crippen molar-refractivity contribution in [2.24, 2.45) is 5.73 Å². The number of benzene rings is 1. The van der Waals surface area contributed by atoms with Crippen LogP contribution in [-0.4, -0.2) is 60.0 Å². The minimum atomic E-state index is -0.0614. The van der Waals surface area contributed by atoms with E-state index < -0.39 is 0 Å². The average Bonchev–Trinajstić information content (AvgIpc) is 2.73. The first-order chi connectivity index (χ1) is 13.9. The normalized spacial score (nSPS) is 25.4. The number of nitrogens with two attached hydrogens (primary N) is 1. The van der Waals surface area contributed by atoms with Crippen LogP contribution in [0.1, 0.15) is 36.1 Å². The van der Waals surface area contributed by atoms with Crippen molar-refractivity contribution in [1.82, 2.24) is 14.4 Å². The van der Waals surface area contributed by atoms with Crippen LogP contribution >= 0.6 is 0 Å². The Labute approximate surface area is 171 Å². The monoisotopic (exact) mass is 394 g/mol. The van der Waals surface area contributed by atoms with Gasteiger partial charge in [-0.25, -0.2) is 0 Å². The van der Waals surface area contributed by atoms with Crippen molar-refractivity contribution in [3.8, 4) is 5.75 Å². The van der Waals surface area contributed by atoms with Gasteiger partial charge in [0.25, 0.3) is 0 Å². The maximum Gasteiger partial charge on any atom is 0.137 e. The minimum Gasteiger partial charge on any atom is -0.484 e. The van der Waals surface area contributed by atoms with Crippen molar-refractivity contribution in [3.63, 3.8) is 0 Å². The molecule has 1 aromatic carbocycles. The third kappa shape index (κ3) is 3.99. The third-order valence-electron chi connectivity index (χ3n) is 6.11. The molecule has 0 amide bonds. The molecule has 2 aliphatic rings. The van der Waals surface area contributed by atoms with Crippen LogP contribution in [0.25, 0.3) is 0 Å². The zero-order chi connectivity index (χ0) is 20.5. The lowest BCUT2D eigenvalue weighted by Crippen LogP contribution is -2.55. The Kier molecular flexibility index (Phi) is 5.54. The van der Waals surface area contributed by atoms with E-state index in [1.165, 1.54) is 0 Å². The topological polar surface area (TPSA) is 94.4 Å². The Hall–Kier alpha value is -2.48. The number of aromatic nitrogens is 1. The molecule has 1 aromatic heterocycles. The van der Waals surface area contributed by atoms with Crippen molar-refractivity contribution in [2.75, 3.05) is 33.7 Å². The van der Waals surface area contributed by atoms with Gasteiger partial charge in [-0.3, -0.25) is 20.3 Å². The van der Waals surface area contributed by atoms with Crippen LogP contribution in [-0.2, 0) is 0 Å². The third-order valence-corrected chi connectivity index (χ3v) is 6.11. The maximum atomic E-state index is 8.75. The van der Waals surface area contributed by atoms with Gasteiger partial charge in [-0.1, -0.05) is 24.3 Å². The van der Waals surface area contributed by atoms with Gasteiger partial charge in [0.05, 0.1) is 12.2 Å². The summed E-state index contributed by atoms with van der Waals surface area (Å²) in [6.45, 7) is 2.68. The molecule has 1 unspecified atom stereocenters. The van der Waals surface area contributed by atoms with Crippen molar-refractivity contribution in [2.45, 2.75) is 31.0 Å². The molecule has 1 aliphatic carbocycles. The lowest BCUT2D eigenvalue weighted by atomic mass is 9.86. The molecule has 1 saturated heterocycles. The molecule has 7 nitrogen and oxygen atoms in total. The van der Waals surface area contributed by atoms with Crippen LogP contribution in [0.4, 0.5) is 0 Å². The molecule has 1 fully saturated rings. The fourth-order valence-corrected chi connectivity index (χ4v) is 4.29. The summed E-state index contributed by atoms with van der Waals surface area (Å²) in [6, 6.07) is 11.7. The number of ether oxygens (including phenoxy) is 1. The van der Waals surface area contributed by atoms with Crippen LogP contribution in [0.3, 0.4) is 0 Å². The highest BCUT2D eigenvalue weighted by Gasteiger charge is 2.28. The molecule has 0 bridgehead atoms.